The van der Waals surface area contributed by atoms with Gasteiger partial charge < -0.3 is 10.0 Å². The first-order valence-electron chi connectivity index (χ1n) is 7.21. The number of thiophene rings is 1. The molecule has 21 heavy (non-hydrogen) atoms. The summed E-state index contributed by atoms with van der Waals surface area (Å²) < 4.78 is 0. The highest BCUT2D eigenvalue weighted by atomic mass is 32.1. The van der Waals surface area contributed by atoms with E-state index in [2.05, 4.69) is 67.1 Å². The number of benzene rings is 1. The van der Waals surface area contributed by atoms with E-state index in [-0.39, 0.29) is 6.61 Å². The number of anilines is 1. The standard InChI is InChI=1S/C18H21NOS/c1-3-15-7-9-16(10-8-15)19(2)14-18-12-11-17(21-18)6-4-5-13-20/h7-12,20H,3,5,13-14H2,1-2H3. The Morgan fingerprint density at radius 1 is 1.14 bits per heavy atom. The van der Waals surface area contributed by atoms with Crippen molar-refractivity contribution in [1.29, 1.82) is 0 Å². The fourth-order valence-corrected chi connectivity index (χ4v) is 2.98. The Bertz CT molecular complexity index is 619. The molecule has 0 amide bonds. The predicted octanol–water partition coefficient (Wildman–Crippen LogP) is 3.68. The Balaban J connectivity index is 1.99. The molecule has 3 heteroatoms. The van der Waals surface area contributed by atoms with Crippen molar-refractivity contribution >= 4 is 17.0 Å². The zero-order chi connectivity index (χ0) is 15.1. The summed E-state index contributed by atoms with van der Waals surface area (Å²) in [5.41, 5.74) is 2.60. The van der Waals surface area contributed by atoms with Gasteiger partial charge in [-0.2, -0.15) is 0 Å². The Morgan fingerprint density at radius 3 is 2.57 bits per heavy atom. The van der Waals surface area contributed by atoms with Crippen LogP contribution in [0.1, 0.15) is 28.7 Å². The first kappa shape index (κ1) is 15.6. The van der Waals surface area contributed by atoms with Crippen molar-refractivity contribution in [2.45, 2.75) is 26.3 Å². The highest BCUT2D eigenvalue weighted by Crippen LogP contribution is 2.21. The Labute approximate surface area is 131 Å². The van der Waals surface area contributed by atoms with Crippen molar-refractivity contribution in [3.8, 4) is 11.8 Å². The van der Waals surface area contributed by atoms with E-state index in [0.29, 0.717) is 6.42 Å². The molecule has 0 radical (unpaired) electrons. The fraction of sp³-hybridized carbons (Fsp3) is 0.333. The van der Waals surface area contributed by atoms with Gasteiger partial charge in [0, 0.05) is 24.0 Å². The van der Waals surface area contributed by atoms with E-state index in [1.807, 2.05) is 0 Å². The predicted molar refractivity (Wildman–Crippen MR) is 90.8 cm³/mol. The minimum absolute atomic E-state index is 0.127. The largest absolute Gasteiger partial charge is 0.395 e. The molecule has 1 N–H and O–H groups in total. The summed E-state index contributed by atoms with van der Waals surface area (Å²) in [6.45, 7) is 3.18. The number of nitrogens with zero attached hydrogens (tertiary/aromatic N) is 1. The molecule has 0 atom stereocenters. The Morgan fingerprint density at radius 2 is 1.90 bits per heavy atom. The van der Waals surface area contributed by atoms with Gasteiger partial charge in [-0.1, -0.05) is 30.9 Å². The van der Waals surface area contributed by atoms with Crippen molar-refractivity contribution in [2.75, 3.05) is 18.6 Å². The summed E-state index contributed by atoms with van der Waals surface area (Å²) in [6.07, 6.45) is 1.61. The van der Waals surface area contributed by atoms with Crippen molar-refractivity contribution in [3.63, 3.8) is 0 Å². The maximum Gasteiger partial charge on any atom is 0.0772 e. The molecule has 0 aliphatic heterocycles. The van der Waals surface area contributed by atoms with Crippen LogP contribution in [0.4, 0.5) is 5.69 Å². The van der Waals surface area contributed by atoms with Crippen LogP contribution in [0.5, 0.6) is 0 Å². The molecule has 110 valence electrons. The summed E-state index contributed by atoms with van der Waals surface area (Å²) in [5.74, 6) is 6.04. The number of hydrogen-bond donors (Lipinski definition) is 1. The minimum atomic E-state index is 0.127. The van der Waals surface area contributed by atoms with Gasteiger partial charge >= 0.3 is 0 Å². The van der Waals surface area contributed by atoms with Gasteiger partial charge in [0.25, 0.3) is 0 Å². The molecular formula is C18H21NOS. The summed E-state index contributed by atoms with van der Waals surface area (Å²) in [5, 5.41) is 8.73. The van der Waals surface area contributed by atoms with Gasteiger partial charge in [0.2, 0.25) is 0 Å². The summed E-state index contributed by atoms with van der Waals surface area (Å²) in [7, 11) is 2.11. The van der Waals surface area contributed by atoms with Crippen LogP contribution in [0.3, 0.4) is 0 Å². The average molecular weight is 299 g/mol. The van der Waals surface area contributed by atoms with Crippen LogP contribution < -0.4 is 4.90 Å². The molecule has 2 nitrogen and oxygen atoms in total. The molecule has 0 bridgehead atoms. The van der Waals surface area contributed by atoms with E-state index in [1.54, 1.807) is 11.3 Å². The van der Waals surface area contributed by atoms with Crippen molar-refractivity contribution in [1.82, 2.24) is 0 Å². The number of hydrogen-bond acceptors (Lipinski definition) is 3. The maximum absolute atomic E-state index is 8.73. The Hall–Kier alpha value is -1.76. The lowest BCUT2D eigenvalue weighted by Gasteiger charge is -2.18. The molecule has 0 saturated carbocycles. The van der Waals surface area contributed by atoms with Gasteiger partial charge in [-0.15, -0.1) is 11.3 Å². The fourth-order valence-electron chi connectivity index (χ4n) is 2.05. The normalized spacial score (nSPS) is 10.0. The molecule has 2 rings (SSSR count). The molecule has 0 aliphatic carbocycles. The van der Waals surface area contributed by atoms with Gasteiger partial charge in [-0.3, -0.25) is 0 Å². The quantitative estimate of drug-likeness (QED) is 0.851. The van der Waals surface area contributed by atoms with E-state index >= 15 is 0 Å². The molecule has 1 aromatic heterocycles. The number of rotatable bonds is 5. The molecule has 0 fully saturated rings. The van der Waals surface area contributed by atoms with Gasteiger partial charge in [-0.25, -0.2) is 0 Å². The molecule has 1 aromatic carbocycles. The molecule has 0 saturated heterocycles. The van der Waals surface area contributed by atoms with Gasteiger partial charge in [0.1, 0.15) is 0 Å². The molecular weight excluding hydrogens is 278 g/mol. The number of aryl methyl sites for hydroxylation is 1. The van der Waals surface area contributed by atoms with Crippen LogP contribution in [0.15, 0.2) is 36.4 Å². The number of aliphatic hydroxyl groups excluding tert-OH is 1. The van der Waals surface area contributed by atoms with Crippen molar-refractivity contribution in [2.24, 2.45) is 0 Å². The smallest absolute Gasteiger partial charge is 0.0772 e. The maximum atomic E-state index is 8.73. The van der Waals surface area contributed by atoms with Gasteiger partial charge in [0.15, 0.2) is 0 Å². The monoisotopic (exact) mass is 299 g/mol. The third-order valence-corrected chi connectivity index (χ3v) is 4.27. The summed E-state index contributed by atoms with van der Waals surface area (Å²) >= 11 is 1.72. The van der Waals surface area contributed by atoms with E-state index in [4.69, 9.17) is 5.11 Å². The van der Waals surface area contributed by atoms with Gasteiger partial charge in [0.05, 0.1) is 18.0 Å². The lowest BCUT2D eigenvalue weighted by molar-refractivity contribution is 0.305. The third-order valence-electron chi connectivity index (χ3n) is 3.29. The second-order valence-electron chi connectivity index (χ2n) is 4.92. The molecule has 2 aromatic rings. The molecule has 0 aliphatic rings. The zero-order valence-electron chi connectivity index (χ0n) is 12.6. The minimum Gasteiger partial charge on any atom is -0.395 e. The van der Waals surface area contributed by atoms with E-state index in [1.165, 1.54) is 16.1 Å². The van der Waals surface area contributed by atoms with Crippen molar-refractivity contribution < 1.29 is 5.11 Å². The van der Waals surface area contributed by atoms with Crippen molar-refractivity contribution in [3.05, 3.63) is 51.7 Å². The van der Waals surface area contributed by atoms with Crippen LogP contribution in [0, 0.1) is 11.8 Å². The Kier molecular flexibility index (Phi) is 5.86. The topological polar surface area (TPSA) is 23.5 Å². The highest BCUT2D eigenvalue weighted by Gasteiger charge is 2.04. The molecule has 0 spiro atoms. The first-order valence-corrected chi connectivity index (χ1v) is 8.03. The van der Waals surface area contributed by atoms with Crippen LogP contribution >= 0.6 is 11.3 Å². The number of aliphatic hydroxyl groups is 1. The van der Waals surface area contributed by atoms with Crippen LogP contribution in [-0.4, -0.2) is 18.8 Å². The summed E-state index contributed by atoms with van der Waals surface area (Å²) in [4.78, 5) is 4.61. The van der Waals surface area contributed by atoms with Crippen LogP contribution in [0.2, 0.25) is 0 Å². The lowest BCUT2D eigenvalue weighted by Crippen LogP contribution is -2.15. The van der Waals surface area contributed by atoms with E-state index < -0.39 is 0 Å². The third kappa shape index (κ3) is 4.63. The zero-order valence-corrected chi connectivity index (χ0v) is 13.4. The highest BCUT2D eigenvalue weighted by molar-refractivity contribution is 7.12. The van der Waals surface area contributed by atoms with E-state index in [0.717, 1.165) is 17.8 Å². The lowest BCUT2D eigenvalue weighted by atomic mass is 10.1. The molecule has 1 heterocycles. The van der Waals surface area contributed by atoms with Gasteiger partial charge in [-0.05, 0) is 36.2 Å². The van der Waals surface area contributed by atoms with E-state index in [9.17, 15) is 0 Å². The van der Waals surface area contributed by atoms with Crippen LogP contribution in [0.25, 0.3) is 0 Å². The second-order valence-corrected chi connectivity index (χ2v) is 6.09. The first-order chi connectivity index (χ1) is 10.2. The SMILES string of the molecule is CCc1ccc(N(C)Cc2ccc(C#CCCO)s2)cc1. The van der Waals surface area contributed by atoms with Crippen LogP contribution in [-0.2, 0) is 13.0 Å². The molecule has 0 unspecified atom stereocenters. The summed E-state index contributed by atoms with van der Waals surface area (Å²) in [6, 6.07) is 12.9. The second kappa shape index (κ2) is 7.87. The average Bonchev–Trinajstić information content (AvgIpc) is 2.95.